The van der Waals surface area contributed by atoms with Gasteiger partial charge in [0.2, 0.25) is 5.91 Å². The molecule has 186 valence electrons. The largest absolute Gasteiger partial charge is 0.457 e. The Morgan fingerprint density at radius 2 is 1.78 bits per heavy atom. The van der Waals surface area contributed by atoms with Crippen LogP contribution in [0.1, 0.15) is 5.56 Å². The molecule has 2 heterocycles. The lowest BCUT2D eigenvalue weighted by atomic mass is 10.1. The maximum atomic E-state index is 12.4. The number of carbonyl (C=O) groups is 2. The highest BCUT2D eigenvalue weighted by atomic mass is 35.5. The maximum absolute atomic E-state index is 12.4. The number of pyridine rings is 1. The van der Waals surface area contributed by atoms with Gasteiger partial charge in [0.1, 0.15) is 17.3 Å². The lowest BCUT2D eigenvalue weighted by molar-refractivity contribution is -0.119. The predicted molar refractivity (Wildman–Crippen MR) is 142 cm³/mol. The molecule has 11 heteroatoms. The van der Waals surface area contributed by atoms with E-state index in [2.05, 4.69) is 20.9 Å². The van der Waals surface area contributed by atoms with E-state index in [-0.39, 0.29) is 23.5 Å². The summed E-state index contributed by atoms with van der Waals surface area (Å²) in [6.45, 7) is 2.09. The topological polar surface area (TPSA) is 105 Å². The summed E-state index contributed by atoms with van der Waals surface area (Å²) in [5.74, 6) is 1.08. The Morgan fingerprint density at radius 1 is 1.03 bits per heavy atom. The van der Waals surface area contributed by atoms with E-state index < -0.39 is 0 Å². The van der Waals surface area contributed by atoms with Crippen LogP contribution < -0.4 is 20.7 Å². The van der Waals surface area contributed by atoms with Crippen LogP contribution in [0.25, 0.3) is 0 Å². The van der Waals surface area contributed by atoms with E-state index in [1.54, 1.807) is 41.4 Å². The molecule has 2 aromatic carbocycles. The van der Waals surface area contributed by atoms with Gasteiger partial charge in [0.25, 0.3) is 0 Å². The van der Waals surface area contributed by atoms with Crippen LogP contribution in [0.15, 0.2) is 66.9 Å². The van der Waals surface area contributed by atoms with Crippen molar-refractivity contribution in [2.45, 2.75) is 6.42 Å². The van der Waals surface area contributed by atoms with Gasteiger partial charge in [0.05, 0.1) is 30.3 Å². The number of morpholine rings is 1. The summed E-state index contributed by atoms with van der Waals surface area (Å²) in [5, 5.41) is 8.82. The molecule has 1 aliphatic rings. The monoisotopic (exact) mass is 525 g/mol. The average Bonchev–Trinajstić information content (AvgIpc) is 2.87. The molecule has 0 radical (unpaired) electrons. The molecule has 1 aliphatic heterocycles. The van der Waals surface area contributed by atoms with Crippen molar-refractivity contribution in [3.8, 4) is 11.5 Å². The Bertz CT molecular complexity index is 1240. The van der Waals surface area contributed by atoms with Gasteiger partial charge >= 0.3 is 6.03 Å². The molecule has 9 nitrogen and oxygen atoms in total. The molecule has 0 atom stereocenters. The fourth-order valence-corrected chi connectivity index (χ4v) is 3.84. The lowest BCUT2D eigenvalue weighted by Gasteiger charge is -2.26. The Balaban J connectivity index is 1.31. The number of anilines is 2. The van der Waals surface area contributed by atoms with E-state index >= 15 is 0 Å². The van der Waals surface area contributed by atoms with Crippen LogP contribution >= 0.6 is 23.8 Å². The van der Waals surface area contributed by atoms with Gasteiger partial charge in [-0.1, -0.05) is 41.9 Å². The molecule has 1 saturated heterocycles. The van der Waals surface area contributed by atoms with Crippen molar-refractivity contribution in [2.75, 3.05) is 36.9 Å². The van der Waals surface area contributed by atoms with Gasteiger partial charge in [0, 0.05) is 31.4 Å². The van der Waals surface area contributed by atoms with Crippen molar-refractivity contribution in [3.63, 3.8) is 0 Å². The molecule has 3 aromatic rings. The summed E-state index contributed by atoms with van der Waals surface area (Å²) < 4.78 is 11.1. The number of ether oxygens (including phenoxy) is 2. The number of amides is 3. The van der Waals surface area contributed by atoms with E-state index in [4.69, 9.17) is 33.3 Å². The van der Waals surface area contributed by atoms with Crippen molar-refractivity contribution >= 4 is 52.4 Å². The Kier molecular flexibility index (Phi) is 8.66. The minimum atomic E-state index is -0.242. The number of benzene rings is 2. The second-order valence-electron chi connectivity index (χ2n) is 7.81. The van der Waals surface area contributed by atoms with Gasteiger partial charge in [-0.15, -0.1) is 0 Å². The first-order valence-electron chi connectivity index (χ1n) is 11.2. The number of thiocarbonyl (C=S) groups is 1. The lowest BCUT2D eigenvalue weighted by Crippen LogP contribution is -2.43. The van der Waals surface area contributed by atoms with Crippen LogP contribution in [0.4, 0.5) is 16.3 Å². The van der Waals surface area contributed by atoms with Gasteiger partial charge in [0.15, 0.2) is 5.11 Å². The van der Waals surface area contributed by atoms with Crippen molar-refractivity contribution in [1.82, 2.24) is 15.2 Å². The standard InChI is InChI=1S/C25H24ClN5O4S/c26-20-15-18(6-7-21(20)28-24(36)30-23(32)14-17-4-2-1-3-5-17)35-19-8-9-27-22(16-19)29-25(33)31-10-12-34-13-11-31/h1-9,15-16H,10-14H2,(H,27,29,33)(H2,28,30,32,36). The molecule has 36 heavy (non-hydrogen) atoms. The van der Waals surface area contributed by atoms with Gasteiger partial charge in [-0.3, -0.25) is 10.1 Å². The summed E-state index contributed by atoms with van der Waals surface area (Å²) in [4.78, 5) is 30.4. The molecule has 0 bridgehead atoms. The van der Waals surface area contributed by atoms with Crippen molar-refractivity contribution in [1.29, 1.82) is 0 Å². The molecule has 0 spiro atoms. The highest BCUT2D eigenvalue weighted by Crippen LogP contribution is 2.30. The zero-order valence-electron chi connectivity index (χ0n) is 19.2. The molecule has 3 N–H and O–H groups in total. The van der Waals surface area contributed by atoms with Crippen LogP contribution in [0.2, 0.25) is 5.02 Å². The van der Waals surface area contributed by atoms with Crippen molar-refractivity contribution in [2.24, 2.45) is 0 Å². The molecule has 0 aliphatic carbocycles. The Morgan fingerprint density at radius 3 is 2.53 bits per heavy atom. The number of rotatable bonds is 6. The van der Waals surface area contributed by atoms with Gasteiger partial charge in [-0.25, -0.2) is 9.78 Å². The summed E-state index contributed by atoms with van der Waals surface area (Å²) in [6.07, 6.45) is 1.75. The number of carbonyl (C=O) groups excluding carboxylic acids is 2. The quantitative estimate of drug-likeness (QED) is 0.408. The van der Waals surface area contributed by atoms with E-state index in [1.165, 1.54) is 0 Å². The number of aromatic nitrogens is 1. The third-order valence-corrected chi connectivity index (χ3v) is 5.67. The second-order valence-corrected chi connectivity index (χ2v) is 8.63. The predicted octanol–water partition coefficient (Wildman–Crippen LogP) is 4.45. The van der Waals surface area contributed by atoms with E-state index in [9.17, 15) is 9.59 Å². The Hall–Kier alpha value is -3.73. The van der Waals surface area contributed by atoms with Crippen molar-refractivity contribution < 1.29 is 19.1 Å². The number of hydrogen-bond donors (Lipinski definition) is 3. The highest BCUT2D eigenvalue weighted by molar-refractivity contribution is 7.80. The smallest absolute Gasteiger partial charge is 0.323 e. The molecule has 1 fully saturated rings. The SMILES string of the molecule is O=C(Cc1ccccc1)NC(=S)Nc1ccc(Oc2ccnc(NC(=O)N3CCOCC3)c2)cc1Cl. The zero-order chi connectivity index (χ0) is 25.3. The third kappa shape index (κ3) is 7.38. The highest BCUT2D eigenvalue weighted by Gasteiger charge is 2.17. The minimum absolute atomic E-state index is 0.140. The summed E-state index contributed by atoms with van der Waals surface area (Å²) >= 11 is 11.6. The normalized spacial score (nSPS) is 13.0. The number of halogens is 1. The van der Waals surface area contributed by atoms with E-state index in [0.717, 1.165) is 5.56 Å². The third-order valence-electron chi connectivity index (χ3n) is 5.15. The number of nitrogens with zero attached hydrogens (tertiary/aromatic N) is 2. The molecule has 1 aromatic heterocycles. The molecule has 4 rings (SSSR count). The first-order valence-corrected chi connectivity index (χ1v) is 12.0. The second kappa shape index (κ2) is 12.3. The van der Waals surface area contributed by atoms with Crippen LogP contribution in [0.5, 0.6) is 11.5 Å². The van der Waals surface area contributed by atoms with E-state index in [1.807, 2.05) is 30.3 Å². The Labute approximate surface area is 218 Å². The van der Waals surface area contributed by atoms with Gasteiger partial charge in [-0.05, 0) is 36.0 Å². The summed E-state index contributed by atoms with van der Waals surface area (Å²) in [5.41, 5.74) is 1.40. The van der Waals surface area contributed by atoms with Crippen LogP contribution in [0.3, 0.4) is 0 Å². The van der Waals surface area contributed by atoms with Crippen molar-refractivity contribution in [3.05, 3.63) is 77.4 Å². The fraction of sp³-hybridized carbons (Fsp3) is 0.200. The van der Waals surface area contributed by atoms with Crippen LogP contribution in [0, 0.1) is 0 Å². The molecule has 3 amide bonds. The molecular formula is C25H24ClN5O4S. The minimum Gasteiger partial charge on any atom is -0.457 e. The molecule has 0 unspecified atom stereocenters. The number of urea groups is 1. The summed E-state index contributed by atoms with van der Waals surface area (Å²) in [7, 11) is 0. The molecular weight excluding hydrogens is 502 g/mol. The first-order chi connectivity index (χ1) is 17.5. The number of nitrogens with one attached hydrogen (secondary N) is 3. The molecule has 0 saturated carbocycles. The van der Waals surface area contributed by atoms with Crippen LogP contribution in [-0.2, 0) is 16.0 Å². The number of hydrogen-bond acceptors (Lipinski definition) is 6. The first kappa shape index (κ1) is 25.4. The average molecular weight is 526 g/mol. The van der Waals surface area contributed by atoms with Crippen LogP contribution in [-0.4, -0.2) is 53.2 Å². The summed E-state index contributed by atoms with van der Waals surface area (Å²) in [6, 6.07) is 17.4. The van der Waals surface area contributed by atoms with E-state index in [0.29, 0.717) is 54.3 Å². The van der Waals surface area contributed by atoms with Gasteiger partial charge < -0.3 is 25.0 Å². The zero-order valence-corrected chi connectivity index (χ0v) is 20.8. The maximum Gasteiger partial charge on any atom is 0.323 e. The van der Waals surface area contributed by atoms with Gasteiger partial charge in [-0.2, -0.15) is 0 Å². The fourth-order valence-electron chi connectivity index (χ4n) is 3.40.